The smallest absolute Gasteiger partial charge is 0.769 e. The molecule has 62 valence electrons. The fraction of sp³-hybridized carbons (Fsp3) is 1.00. The van der Waals surface area contributed by atoms with Crippen LogP contribution in [0.2, 0.25) is 0 Å². The van der Waals surface area contributed by atoms with Gasteiger partial charge in [-0.3, -0.25) is 4.21 Å². The van der Waals surface area contributed by atoms with Gasteiger partial charge in [0.15, 0.2) is 0 Å². The van der Waals surface area contributed by atoms with Gasteiger partial charge in [-0.1, -0.05) is 0 Å². The minimum atomic E-state index is -4.45. The quantitative estimate of drug-likeness (QED) is 0.364. The van der Waals surface area contributed by atoms with Crippen molar-refractivity contribution in [3.05, 3.63) is 0 Å². The van der Waals surface area contributed by atoms with Crippen LogP contribution in [0.5, 0.6) is 0 Å². The van der Waals surface area contributed by atoms with Gasteiger partial charge in [-0.2, -0.15) is 0 Å². The summed E-state index contributed by atoms with van der Waals surface area (Å²) in [6.45, 7) is 0. The molecule has 0 spiro atoms. The van der Waals surface area contributed by atoms with Gasteiger partial charge in [-0.05, 0) is 20.0 Å². The van der Waals surface area contributed by atoms with Crippen molar-refractivity contribution in [2.75, 3.05) is 11.5 Å². The van der Waals surface area contributed by atoms with Gasteiger partial charge in [0.2, 0.25) is 0 Å². The molecule has 0 rings (SSSR count). The van der Waals surface area contributed by atoms with Crippen molar-refractivity contribution in [2.24, 2.45) is 0 Å². The molecule has 0 aromatic rings. The third-order valence-electron chi connectivity index (χ3n) is 0.583. The molecule has 0 N–H and O–H groups in total. The van der Waals surface area contributed by atoms with E-state index in [1.54, 1.807) is 0 Å². The summed E-state index contributed by atoms with van der Waals surface area (Å²) in [4.78, 5) is 0. The molecule has 0 heterocycles. The minimum absolute atomic E-state index is 0. The van der Waals surface area contributed by atoms with Crippen molar-refractivity contribution in [3.8, 4) is 0 Å². The first-order valence-electron chi connectivity index (χ1n) is 2.08. The molecule has 0 saturated carbocycles. The van der Waals surface area contributed by atoms with E-state index >= 15 is 0 Å². The summed E-state index contributed by atoms with van der Waals surface area (Å²) in [6.07, 6.45) is 0. The van der Waals surface area contributed by atoms with Crippen molar-refractivity contribution in [1.29, 1.82) is 0 Å². The third kappa shape index (κ3) is 18.1. The molecule has 0 saturated heterocycles. The Morgan fingerprint density at radius 1 is 1.00 bits per heavy atom. The molecule has 0 amide bonds. The molecule has 0 aromatic carbocycles. The molecule has 0 aromatic heterocycles. The molecule has 0 aliphatic carbocycles. The summed E-state index contributed by atoms with van der Waals surface area (Å²) in [5.41, 5.74) is 0. The van der Waals surface area contributed by atoms with E-state index in [-0.39, 0.29) is 59.1 Å². The monoisotopic (exact) mass is 250 g/mol. The van der Waals surface area contributed by atoms with Crippen LogP contribution in [-0.4, -0.2) is 33.2 Å². The van der Waals surface area contributed by atoms with Crippen LogP contribution in [0.25, 0.3) is 0 Å². The first-order chi connectivity index (χ1) is 4.21. The number of hydrogen-bond acceptors (Lipinski definition) is 6. The molecular weight excluding hydrogens is 246 g/mol. The Balaban J connectivity index is -0.000000405. The van der Waals surface area contributed by atoms with Gasteiger partial charge in [-0.25, -0.2) is 8.42 Å². The predicted octanol–water partition coefficient (Wildman–Crippen LogP) is -7.58. The predicted molar refractivity (Wildman–Crippen MR) is 35.7 cm³/mol. The van der Waals surface area contributed by atoms with E-state index < -0.39 is 30.4 Å². The van der Waals surface area contributed by atoms with Crippen molar-refractivity contribution in [3.63, 3.8) is 0 Å². The topological polar surface area (TPSA) is 97.3 Å². The van der Waals surface area contributed by atoms with Gasteiger partial charge in [0.1, 0.15) is 0 Å². The summed E-state index contributed by atoms with van der Waals surface area (Å²) >= 11 is 3.82. The Labute approximate surface area is 121 Å². The van der Waals surface area contributed by atoms with E-state index in [1.165, 1.54) is 0 Å². The first kappa shape index (κ1) is 19.8. The van der Waals surface area contributed by atoms with E-state index in [4.69, 9.17) is 0 Å². The fourth-order valence-electron chi connectivity index (χ4n) is 0.204. The summed E-state index contributed by atoms with van der Waals surface area (Å²) in [5, 5.41) is 0. The molecule has 1 unspecified atom stereocenters. The van der Waals surface area contributed by atoms with Gasteiger partial charge < -0.3 is 9.11 Å². The first-order valence-corrected chi connectivity index (χ1v) is 6.23. The van der Waals surface area contributed by atoms with Gasteiger partial charge in [0.25, 0.3) is 0 Å². The van der Waals surface area contributed by atoms with Gasteiger partial charge in [0, 0.05) is 11.5 Å². The minimum Gasteiger partial charge on any atom is -0.769 e. The zero-order valence-corrected chi connectivity index (χ0v) is 13.1. The molecule has 0 aliphatic rings. The van der Waals surface area contributed by atoms with Crippen LogP contribution < -0.4 is 59.1 Å². The second-order valence-electron chi connectivity index (χ2n) is 1.52. The van der Waals surface area contributed by atoms with Gasteiger partial charge in [0.05, 0.1) is 10.1 Å². The van der Waals surface area contributed by atoms with E-state index in [2.05, 4.69) is 11.2 Å². The maximum absolute atomic E-state index is 10.1. The van der Waals surface area contributed by atoms with Crippen molar-refractivity contribution in [1.82, 2.24) is 0 Å². The molecule has 0 radical (unpaired) electrons. The maximum Gasteiger partial charge on any atom is 1.00 e. The average Bonchev–Trinajstić information content (AvgIpc) is 1.57. The Hall–Kier alpha value is 2.24. The van der Waals surface area contributed by atoms with E-state index in [1.807, 2.05) is 0 Å². The molecule has 10 heteroatoms. The summed E-state index contributed by atoms with van der Waals surface area (Å²) in [5.74, 6) is -1.73. The standard InChI is InChI=1S/C2H6O5S3.2Na/c3-9(4,5)1-2-10(6,7)8;;/h1-2H2,(H,3,4,5)(H,6,7,8);;/q;2*+1/p-2. The van der Waals surface area contributed by atoms with Crippen LogP contribution in [-0.2, 0) is 30.1 Å². The van der Waals surface area contributed by atoms with Gasteiger partial charge >= 0.3 is 59.1 Å². The SMILES string of the molecule is O=S(=O)([O-])CCS(=O)([O-])=S.[Na+].[Na+]. The Kier molecular flexibility index (Phi) is 12.4. The molecular formula is C2H4Na2O5S3. The second kappa shape index (κ2) is 7.52. The maximum atomic E-state index is 10.1. The van der Waals surface area contributed by atoms with Crippen LogP contribution in [0.15, 0.2) is 0 Å². The number of hydrogen-bond donors (Lipinski definition) is 0. The van der Waals surface area contributed by atoms with E-state index in [9.17, 15) is 21.7 Å². The zero-order chi connectivity index (χ0) is 8.41. The average molecular weight is 250 g/mol. The van der Waals surface area contributed by atoms with Crippen molar-refractivity contribution in [2.45, 2.75) is 0 Å². The number of rotatable bonds is 3. The molecule has 12 heavy (non-hydrogen) atoms. The Morgan fingerprint density at radius 2 is 1.33 bits per heavy atom. The largest absolute Gasteiger partial charge is 1.00 e. The van der Waals surface area contributed by atoms with Crippen LogP contribution in [0.4, 0.5) is 0 Å². The van der Waals surface area contributed by atoms with E-state index in [0.29, 0.717) is 0 Å². The van der Waals surface area contributed by atoms with Crippen LogP contribution in [0, 0.1) is 0 Å². The second-order valence-corrected chi connectivity index (χ2v) is 6.09. The summed E-state index contributed by atoms with van der Waals surface area (Å²) in [6, 6.07) is 0. The fourth-order valence-corrected chi connectivity index (χ4v) is 2.45. The molecule has 5 nitrogen and oxygen atoms in total. The molecule has 1 atom stereocenters. The Bertz CT molecular complexity index is 259. The van der Waals surface area contributed by atoms with Crippen LogP contribution >= 0.6 is 0 Å². The van der Waals surface area contributed by atoms with Gasteiger partial charge in [-0.15, -0.1) is 0 Å². The third-order valence-corrected chi connectivity index (χ3v) is 2.75. The summed E-state index contributed by atoms with van der Waals surface area (Å²) < 4.78 is 49.6. The van der Waals surface area contributed by atoms with Crippen LogP contribution in [0.1, 0.15) is 0 Å². The molecule has 0 aliphatic heterocycles. The molecule has 0 fully saturated rings. The van der Waals surface area contributed by atoms with E-state index in [0.717, 1.165) is 0 Å². The summed E-state index contributed by atoms with van der Waals surface area (Å²) in [7, 11) is -8.21. The van der Waals surface area contributed by atoms with Crippen LogP contribution in [0.3, 0.4) is 0 Å². The zero-order valence-electron chi connectivity index (χ0n) is 6.68. The molecule has 0 bridgehead atoms. The van der Waals surface area contributed by atoms with Crippen molar-refractivity contribution >= 4 is 30.1 Å². The normalized spacial score (nSPS) is 15.2. The van der Waals surface area contributed by atoms with Crippen molar-refractivity contribution < 1.29 is 80.8 Å². The Morgan fingerprint density at radius 3 is 1.42 bits per heavy atom.